The first kappa shape index (κ1) is 23.4. The molecule has 0 unspecified atom stereocenters. The lowest BCUT2D eigenvalue weighted by Crippen LogP contribution is -2.31. The van der Waals surface area contributed by atoms with Crippen molar-refractivity contribution in [1.29, 1.82) is 0 Å². The van der Waals surface area contributed by atoms with E-state index in [1.54, 1.807) is 41.4 Å². The van der Waals surface area contributed by atoms with Crippen molar-refractivity contribution in [3.63, 3.8) is 0 Å². The van der Waals surface area contributed by atoms with Crippen molar-refractivity contribution in [1.82, 2.24) is 20.4 Å². The number of hydrogen-bond donors (Lipinski definition) is 2. The highest BCUT2D eigenvalue weighted by Crippen LogP contribution is 2.36. The molecule has 0 bridgehead atoms. The third kappa shape index (κ3) is 5.03. The number of nitrogens with one attached hydrogen (secondary N) is 2. The third-order valence-electron chi connectivity index (χ3n) is 5.68. The summed E-state index contributed by atoms with van der Waals surface area (Å²) in [5, 5.41) is 13.9. The molecule has 10 nitrogen and oxygen atoms in total. The van der Waals surface area contributed by atoms with E-state index in [2.05, 4.69) is 25.8 Å². The lowest BCUT2D eigenvalue weighted by atomic mass is 10.0. The van der Waals surface area contributed by atoms with Crippen LogP contribution in [0.3, 0.4) is 0 Å². The Kier molecular flexibility index (Phi) is 6.62. The van der Waals surface area contributed by atoms with Crippen molar-refractivity contribution in [2.45, 2.75) is 6.54 Å². The second kappa shape index (κ2) is 10.5. The molecular weight excluding hydrogens is 470 g/mol. The number of carbonyl (C=O) groups excluding carboxylic acids is 1. The number of fused-ring (bicyclic) bond motifs is 1. The van der Waals surface area contributed by atoms with Crippen LogP contribution >= 0.6 is 0 Å². The van der Waals surface area contributed by atoms with Gasteiger partial charge < -0.3 is 4.90 Å². The summed E-state index contributed by atoms with van der Waals surface area (Å²) < 4.78 is 0. The highest BCUT2D eigenvalue weighted by Gasteiger charge is 2.29. The van der Waals surface area contributed by atoms with Crippen LogP contribution in [0.5, 0.6) is 0 Å². The second-order valence-corrected chi connectivity index (χ2v) is 8.02. The molecular formula is C27H21N7O3. The number of amides is 1. The largest absolute Gasteiger partial charge is 0.355 e. The van der Waals surface area contributed by atoms with Gasteiger partial charge in [0.15, 0.2) is 0 Å². The summed E-state index contributed by atoms with van der Waals surface area (Å²) >= 11 is 0. The van der Waals surface area contributed by atoms with E-state index in [9.17, 15) is 14.9 Å². The summed E-state index contributed by atoms with van der Waals surface area (Å²) in [5.74, 6) is -0.113. The van der Waals surface area contributed by atoms with E-state index in [4.69, 9.17) is 0 Å². The van der Waals surface area contributed by atoms with Crippen LogP contribution in [0.1, 0.15) is 15.9 Å². The average Bonchev–Trinajstić information content (AvgIpc) is 2.95. The van der Waals surface area contributed by atoms with Gasteiger partial charge in [0.1, 0.15) is 12.1 Å². The minimum absolute atomic E-state index is 0.0319. The van der Waals surface area contributed by atoms with Gasteiger partial charge in [0.05, 0.1) is 11.5 Å². The van der Waals surface area contributed by atoms with Crippen molar-refractivity contribution in [3.05, 3.63) is 125 Å². The summed E-state index contributed by atoms with van der Waals surface area (Å²) in [6.45, 7) is 0.275. The number of pyridine rings is 1. The third-order valence-corrected chi connectivity index (χ3v) is 5.68. The molecule has 0 atom stereocenters. The molecule has 5 rings (SSSR count). The van der Waals surface area contributed by atoms with Crippen LogP contribution in [0.2, 0.25) is 0 Å². The van der Waals surface area contributed by atoms with Crippen LogP contribution in [0.15, 0.2) is 104 Å². The molecule has 0 aliphatic carbocycles. The Bertz CT molecular complexity index is 1560. The fourth-order valence-corrected chi connectivity index (χ4v) is 3.98. The predicted molar refractivity (Wildman–Crippen MR) is 140 cm³/mol. The number of rotatable bonds is 8. The Morgan fingerprint density at radius 1 is 0.865 bits per heavy atom. The molecule has 37 heavy (non-hydrogen) atoms. The first-order valence-corrected chi connectivity index (χ1v) is 11.4. The molecule has 182 valence electrons. The van der Waals surface area contributed by atoms with Crippen LogP contribution in [0, 0.1) is 10.1 Å². The number of benzene rings is 3. The molecule has 2 heterocycles. The molecule has 0 fully saturated rings. The van der Waals surface area contributed by atoms with Gasteiger partial charge in [-0.2, -0.15) is 0 Å². The van der Waals surface area contributed by atoms with E-state index in [0.29, 0.717) is 11.4 Å². The van der Waals surface area contributed by atoms with Crippen LogP contribution < -0.4 is 15.8 Å². The summed E-state index contributed by atoms with van der Waals surface area (Å²) in [6, 6.07) is 27.6. The molecule has 0 spiro atoms. The van der Waals surface area contributed by atoms with E-state index in [0.717, 1.165) is 16.3 Å². The quantitative estimate of drug-likeness (QED) is 0.229. The summed E-state index contributed by atoms with van der Waals surface area (Å²) in [6.07, 6.45) is 2.81. The molecule has 2 N–H and O–H groups in total. The SMILES string of the molecule is O=C(NNc1ncnc(N(Cc2ccccc2)c2ccccn2)c1[N+](=O)[O-])c1cccc2ccccc12. The number of aromatic nitrogens is 3. The highest BCUT2D eigenvalue weighted by atomic mass is 16.6. The van der Waals surface area contributed by atoms with E-state index >= 15 is 0 Å². The summed E-state index contributed by atoms with van der Waals surface area (Å²) in [5.41, 5.74) is 6.09. The molecule has 10 heteroatoms. The molecule has 0 aliphatic heterocycles. The molecule has 1 amide bonds. The molecule has 0 aliphatic rings. The van der Waals surface area contributed by atoms with E-state index < -0.39 is 16.5 Å². The molecule has 0 saturated heterocycles. The Morgan fingerprint density at radius 2 is 1.62 bits per heavy atom. The maximum Gasteiger partial charge on any atom is 0.355 e. The number of nitro groups is 1. The number of hydrogen-bond acceptors (Lipinski definition) is 8. The fourth-order valence-electron chi connectivity index (χ4n) is 3.98. The van der Waals surface area contributed by atoms with E-state index in [-0.39, 0.29) is 18.2 Å². The Morgan fingerprint density at radius 3 is 2.41 bits per heavy atom. The Labute approximate surface area is 211 Å². The van der Waals surface area contributed by atoms with Crippen LogP contribution in [0.25, 0.3) is 10.8 Å². The van der Waals surface area contributed by atoms with Crippen molar-refractivity contribution in [3.8, 4) is 0 Å². The topological polar surface area (TPSA) is 126 Å². The van der Waals surface area contributed by atoms with Gasteiger partial charge in [-0.15, -0.1) is 0 Å². The maximum absolute atomic E-state index is 13.0. The van der Waals surface area contributed by atoms with Gasteiger partial charge >= 0.3 is 5.69 Å². The molecule has 5 aromatic rings. The molecule has 2 aromatic heterocycles. The van der Waals surface area contributed by atoms with Gasteiger partial charge in [-0.05, 0) is 34.5 Å². The van der Waals surface area contributed by atoms with Gasteiger partial charge in [0.25, 0.3) is 5.91 Å². The van der Waals surface area contributed by atoms with Crippen LogP contribution in [0.4, 0.5) is 23.1 Å². The predicted octanol–water partition coefficient (Wildman–Crippen LogP) is 5.03. The van der Waals surface area contributed by atoms with Crippen molar-refractivity contribution >= 4 is 39.8 Å². The molecule has 3 aromatic carbocycles. The lowest BCUT2D eigenvalue weighted by molar-refractivity contribution is -0.383. The maximum atomic E-state index is 13.0. The molecule has 0 radical (unpaired) electrons. The van der Waals surface area contributed by atoms with Crippen molar-refractivity contribution < 1.29 is 9.72 Å². The minimum Gasteiger partial charge on any atom is -0.301 e. The van der Waals surface area contributed by atoms with Crippen LogP contribution in [-0.4, -0.2) is 25.8 Å². The highest BCUT2D eigenvalue weighted by molar-refractivity contribution is 6.07. The lowest BCUT2D eigenvalue weighted by Gasteiger charge is -2.23. The number of carbonyl (C=O) groups is 1. The number of hydrazine groups is 1. The normalized spacial score (nSPS) is 10.6. The van der Waals surface area contributed by atoms with Gasteiger partial charge in [0, 0.05) is 11.8 Å². The summed E-state index contributed by atoms with van der Waals surface area (Å²) in [7, 11) is 0. The Hall–Kier alpha value is -5.38. The van der Waals surface area contributed by atoms with E-state index in [1.165, 1.54) is 6.33 Å². The number of anilines is 3. The zero-order valence-corrected chi connectivity index (χ0v) is 19.5. The van der Waals surface area contributed by atoms with E-state index in [1.807, 2.05) is 60.7 Å². The second-order valence-electron chi connectivity index (χ2n) is 8.02. The van der Waals surface area contributed by atoms with Gasteiger partial charge in [0.2, 0.25) is 11.6 Å². The smallest absolute Gasteiger partial charge is 0.301 e. The van der Waals surface area contributed by atoms with Crippen molar-refractivity contribution in [2.75, 3.05) is 10.3 Å². The average molecular weight is 492 g/mol. The standard InChI is InChI=1S/C27H21N7O3/c35-27(22-14-8-12-20-11-4-5-13-21(20)22)32-31-25-24(34(36)37)26(30-18-29-25)33(23-15-6-7-16-28-23)17-19-9-2-1-3-10-19/h1-16,18H,17H2,(H,32,35)(H,29,30,31). The first-order chi connectivity index (χ1) is 18.1. The fraction of sp³-hybridized carbons (Fsp3) is 0.0370. The van der Waals surface area contributed by atoms with Gasteiger partial charge in [-0.25, -0.2) is 15.0 Å². The monoisotopic (exact) mass is 491 g/mol. The van der Waals surface area contributed by atoms with Gasteiger partial charge in [-0.1, -0.05) is 72.8 Å². The first-order valence-electron chi connectivity index (χ1n) is 11.4. The summed E-state index contributed by atoms with van der Waals surface area (Å²) in [4.78, 5) is 38.9. The molecule has 0 saturated carbocycles. The van der Waals surface area contributed by atoms with Crippen LogP contribution in [-0.2, 0) is 6.54 Å². The van der Waals surface area contributed by atoms with Crippen molar-refractivity contribution in [2.24, 2.45) is 0 Å². The zero-order chi connectivity index (χ0) is 25.6. The van der Waals surface area contributed by atoms with Gasteiger partial charge in [-0.3, -0.25) is 25.8 Å². The zero-order valence-electron chi connectivity index (χ0n) is 19.5. The minimum atomic E-state index is -0.581. The number of nitrogens with zero attached hydrogens (tertiary/aromatic N) is 5. The Balaban J connectivity index is 1.49.